The van der Waals surface area contributed by atoms with E-state index in [2.05, 4.69) is 4.98 Å². The Morgan fingerprint density at radius 2 is 2.36 bits per heavy atom. The Bertz CT molecular complexity index is 280. The minimum Gasteiger partial charge on any atom is -0.479 e. The van der Waals surface area contributed by atoms with Gasteiger partial charge in [0.15, 0.2) is 5.82 Å². The van der Waals surface area contributed by atoms with Crippen molar-refractivity contribution in [2.45, 2.75) is 0 Å². The number of nitrogen functional groups attached to an aromatic ring is 1. The Hall–Kier alpha value is -0.590. The molecule has 0 spiro atoms. The highest BCUT2D eigenvalue weighted by Crippen LogP contribution is 2.24. The van der Waals surface area contributed by atoms with Crippen LogP contribution in [0.4, 0.5) is 10.1 Å². The molecular formula is C6H6FIN2O. The van der Waals surface area contributed by atoms with Crippen molar-refractivity contribution < 1.29 is 9.13 Å². The number of anilines is 1. The van der Waals surface area contributed by atoms with Crippen molar-refractivity contribution >= 4 is 28.3 Å². The van der Waals surface area contributed by atoms with Crippen molar-refractivity contribution in [2.75, 3.05) is 12.8 Å². The number of ether oxygens (including phenoxy) is 1. The van der Waals surface area contributed by atoms with Gasteiger partial charge in [-0.15, -0.1) is 0 Å². The molecule has 0 aliphatic heterocycles. The summed E-state index contributed by atoms with van der Waals surface area (Å²) in [7, 11) is 1.39. The summed E-state index contributed by atoms with van der Waals surface area (Å²) in [5, 5.41) is 0. The Kier molecular flexibility index (Phi) is 2.48. The van der Waals surface area contributed by atoms with E-state index in [-0.39, 0.29) is 11.6 Å². The van der Waals surface area contributed by atoms with Gasteiger partial charge in [0.1, 0.15) is 5.69 Å². The molecule has 0 saturated carbocycles. The molecule has 60 valence electrons. The smallest absolute Gasteiger partial charge is 0.240 e. The number of rotatable bonds is 1. The lowest BCUT2D eigenvalue weighted by molar-refractivity contribution is 0.396. The second-order valence-corrected chi connectivity index (χ2v) is 3.01. The molecule has 5 heteroatoms. The van der Waals surface area contributed by atoms with Gasteiger partial charge in [-0.1, -0.05) is 0 Å². The van der Waals surface area contributed by atoms with E-state index in [1.165, 1.54) is 13.3 Å². The van der Waals surface area contributed by atoms with Gasteiger partial charge in [-0.05, 0) is 22.6 Å². The van der Waals surface area contributed by atoms with Crippen LogP contribution in [0.3, 0.4) is 0 Å². The van der Waals surface area contributed by atoms with Gasteiger partial charge in [-0.25, -0.2) is 9.37 Å². The lowest BCUT2D eigenvalue weighted by Crippen LogP contribution is -2.00. The quantitative estimate of drug-likeness (QED) is 0.783. The zero-order valence-electron chi connectivity index (χ0n) is 5.77. The fraction of sp³-hybridized carbons (Fsp3) is 0.167. The number of nitrogens with zero attached hydrogens (tertiary/aromatic N) is 1. The summed E-state index contributed by atoms with van der Waals surface area (Å²) in [6.07, 6.45) is 1.37. The number of hydrogen-bond donors (Lipinski definition) is 1. The molecule has 0 radical (unpaired) electrons. The van der Waals surface area contributed by atoms with Crippen LogP contribution in [-0.4, -0.2) is 12.1 Å². The molecule has 0 atom stereocenters. The topological polar surface area (TPSA) is 48.1 Å². The number of pyridine rings is 1. The maximum Gasteiger partial charge on any atom is 0.240 e. The molecule has 0 aliphatic carbocycles. The van der Waals surface area contributed by atoms with E-state index >= 15 is 0 Å². The highest BCUT2D eigenvalue weighted by molar-refractivity contribution is 14.1. The fourth-order valence-corrected chi connectivity index (χ4v) is 1.06. The lowest BCUT2D eigenvalue weighted by atomic mass is 10.4. The molecule has 0 saturated heterocycles. The molecule has 1 aromatic heterocycles. The average Bonchev–Trinajstić information content (AvgIpc) is 2.01. The largest absolute Gasteiger partial charge is 0.479 e. The molecule has 1 rings (SSSR count). The van der Waals surface area contributed by atoms with Crippen LogP contribution in [0.5, 0.6) is 5.88 Å². The maximum atomic E-state index is 12.9. The standard InChI is InChI=1S/C6H6FIN2O/c1-11-6-5(9)4(7)3(8)2-10-6/h2H,9H2,1H3. The first-order valence-electron chi connectivity index (χ1n) is 2.80. The first-order chi connectivity index (χ1) is 5.16. The van der Waals surface area contributed by atoms with E-state index in [1.54, 1.807) is 0 Å². The summed E-state index contributed by atoms with van der Waals surface area (Å²) in [6.45, 7) is 0. The first-order valence-corrected chi connectivity index (χ1v) is 3.88. The number of hydrogen-bond acceptors (Lipinski definition) is 3. The molecule has 0 fully saturated rings. The van der Waals surface area contributed by atoms with E-state index in [9.17, 15) is 4.39 Å². The monoisotopic (exact) mass is 268 g/mol. The van der Waals surface area contributed by atoms with Crippen molar-refractivity contribution in [3.63, 3.8) is 0 Å². The highest BCUT2D eigenvalue weighted by Gasteiger charge is 2.09. The van der Waals surface area contributed by atoms with Gasteiger partial charge < -0.3 is 10.5 Å². The molecule has 0 aromatic carbocycles. The predicted molar refractivity (Wildman–Crippen MR) is 47.9 cm³/mol. The molecule has 2 N–H and O–H groups in total. The van der Waals surface area contributed by atoms with Gasteiger partial charge in [0, 0.05) is 6.20 Å². The lowest BCUT2D eigenvalue weighted by Gasteiger charge is -2.03. The van der Waals surface area contributed by atoms with Crippen LogP contribution in [-0.2, 0) is 0 Å². The molecule has 11 heavy (non-hydrogen) atoms. The Labute approximate surface area is 76.9 Å². The van der Waals surface area contributed by atoms with E-state index < -0.39 is 5.82 Å². The van der Waals surface area contributed by atoms with Crippen LogP contribution in [0.2, 0.25) is 0 Å². The predicted octanol–water partition coefficient (Wildman–Crippen LogP) is 1.42. The van der Waals surface area contributed by atoms with Crippen LogP contribution in [0.15, 0.2) is 6.20 Å². The van der Waals surface area contributed by atoms with Gasteiger partial charge in [-0.3, -0.25) is 0 Å². The summed E-state index contributed by atoms with van der Waals surface area (Å²) in [5.74, 6) is -0.347. The van der Waals surface area contributed by atoms with Crippen LogP contribution >= 0.6 is 22.6 Å². The Balaban J connectivity index is 3.25. The highest BCUT2D eigenvalue weighted by atomic mass is 127. The van der Waals surface area contributed by atoms with E-state index in [0.717, 1.165) is 0 Å². The van der Waals surface area contributed by atoms with Crippen molar-refractivity contribution in [1.82, 2.24) is 4.98 Å². The molecular weight excluding hydrogens is 262 g/mol. The van der Waals surface area contributed by atoms with Crippen molar-refractivity contribution in [2.24, 2.45) is 0 Å². The third-order valence-electron chi connectivity index (χ3n) is 1.17. The van der Waals surface area contributed by atoms with E-state index in [0.29, 0.717) is 3.57 Å². The summed E-state index contributed by atoms with van der Waals surface area (Å²) in [4.78, 5) is 3.76. The van der Waals surface area contributed by atoms with Crippen molar-refractivity contribution in [3.05, 3.63) is 15.6 Å². The van der Waals surface area contributed by atoms with Crippen LogP contribution in [0, 0.1) is 9.39 Å². The zero-order chi connectivity index (χ0) is 8.43. The van der Waals surface area contributed by atoms with Gasteiger partial charge in [0.05, 0.1) is 10.7 Å². The fourth-order valence-electron chi connectivity index (χ4n) is 0.627. The number of methoxy groups -OCH3 is 1. The third kappa shape index (κ3) is 1.52. The minimum absolute atomic E-state index is 0.0422. The third-order valence-corrected chi connectivity index (χ3v) is 1.92. The molecule has 0 amide bonds. The summed E-state index contributed by atoms with van der Waals surface area (Å²) >= 11 is 1.81. The molecule has 0 unspecified atom stereocenters. The van der Waals surface area contributed by atoms with Crippen molar-refractivity contribution in [3.8, 4) is 5.88 Å². The number of nitrogens with two attached hydrogens (primary N) is 1. The normalized spacial score (nSPS) is 9.73. The first kappa shape index (κ1) is 8.51. The van der Waals surface area contributed by atoms with Crippen LogP contribution in [0.25, 0.3) is 0 Å². The van der Waals surface area contributed by atoms with Crippen LogP contribution in [0.1, 0.15) is 0 Å². The second kappa shape index (κ2) is 3.21. The molecule has 3 nitrogen and oxygen atoms in total. The average molecular weight is 268 g/mol. The van der Waals surface area contributed by atoms with Crippen molar-refractivity contribution in [1.29, 1.82) is 0 Å². The molecule has 0 aliphatic rings. The zero-order valence-corrected chi connectivity index (χ0v) is 7.92. The number of aromatic nitrogens is 1. The number of halogens is 2. The minimum atomic E-state index is -0.475. The van der Waals surface area contributed by atoms with Gasteiger partial charge in [-0.2, -0.15) is 0 Å². The van der Waals surface area contributed by atoms with Gasteiger partial charge in [0.2, 0.25) is 5.88 Å². The summed E-state index contributed by atoms with van der Waals surface area (Å²) < 4.78 is 18.0. The van der Waals surface area contributed by atoms with Crippen LogP contribution < -0.4 is 10.5 Å². The van der Waals surface area contributed by atoms with Gasteiger partial charge in [0.25, 0.3) is 0 Å². The van der Waals surface area contributed by atoms with Gasteiger partial charge >= 0.3 is 0 Å². The van der Waals surface area contributed by atoms with E-state index in [1.807, 2.05) is 22.6 Å². The Morgan fingerprint density at radius 1 is 1.73 bits per heavy atom. The SMILES string of the molecule is COc1ncc(I)c(F)c1N. The summed E-state index contributed by atoms with van der Waals surface area (Å²) in [5.41, 5.74) is 5.28. The molecule has 1 aromatic rings. The van der Waals surface area contributed by atoms with E-state index in [4.69, 9.17) is 10.5 Å². The summed E-state index contributed by atoms with van der Waals surface area (Å²) in [6, 6.07) is 0. The Morgan fingerprint density at radius 3 is 2.91 bits per heavy atom. The second-order valence-electron chi connectivity index (χ2n) is 1.84. The molecule has 1 heterocycles. The molecule has 0 bridgehead atoms. The maximum absolute atomic E-state index is 12.9.